The molecule has 134 valence electrons. The lowest BCUT2D eigenvalue weighted by Crippen LogP contribution is -2.21. The summed E-state index contributed by atoms with van der Waals surface area (Å²) in [6.07, 6.45) is -2.04. The predicted molar refractivity (Wildman–Crippen MR) is 85.5 cm³/mol. The summed E-state index contributed by atoms with van der Waals surface area (Å²) in [5.41, 5.74) is 4.28. The molecule has 2 heterocycles. The van der Waals surface area contributed by atoms with Crippen molar-refractivity contribution in [2.24, 2.45) is 5.73 Å². The minimum Gasteiger partial charge on any atom is -0.406 e. The Bertz CT molecular complexity index is 772. The highest BCUT2D eigenvalue weighted by Gasteiger charge is 2.34. The molecule has 2 N–H and O–H groups in total. The summed E-state index contributed by atoms with van der Waals surface area (Å²) < 4.78 is 43.5. The van der Waals surface area contributed by atoms with Gasteiger partial charge in [0.1, 0.15) is 0 Å². The molecule has 0 radical (unpaired) electrons. The maximum atomic E-state index is 12.9. The van der Waals surface area contributed by atoms with E-state index >= 15 is 0 Å². The molecular formula is C13H9Cl2F3N4O2S. The van der Waals surface area contributed by atoms with Crippen molar-refractivity contribution in [2.75, 3.05) is 6.54 Å². The third-order valence-electron chi connectivity index (χ3n) is 2.66. The van der Waals surface area contributed by atoms with Gasteiger partial charge in [-0.15, -0.1) is 0 Å². The summed E-state index contributed by atoms with van der Waals surface area (Å²) >= 11 is 12.7. The maximum absolute atomic E-state index is 12.9. The molecule has 0 aromatic carbocycles. The number of nitrogens with zero attached hydrogens (tertiary/aromatic N) is 3. The number of hydrogen-bond donors (Lipinski definition) is 1. The minimum absolute atomic E-state index is 0.0891. The van der Waals surface area contributed by atoms with Crippen LogP contribution in [0.1, 0.15) is 11.3 Å². The monoisotopic (exact) mass is 412 g/mol. The van der Waals surface area contributed by atoms with Crippen molar-refractivity contribution in [1.82, 2.24) is 15.0 Å². The smallest absolute Gasteiger partial charge is 0.406 e. The van der Waals surface area contributed by atoms with Crippen LogP contribution >= 0.6 is 35.0 Å². The van der Waals surface area contributed by atoms with Gasteiger partial charge >= 0.3 is 12.1 Å². The number of esters is 1. The molecule has 0 aliphatic carbocycles. The number of thioether (sulfide) groups is 1. The standard InChI is InChI=1S/C13H9Cl2F3N4O2S/c14-7-3-20-4-8(15)6(7)5-25-12-21-9(13(16,17)18)1-10(22-12)24-11(23)2-19/h1,3-4H,2,5,19H2. The van der Waals surface area contributed by atoms with Gasteiger partial charge in [0, 0.05) is 29.8 Å². The second-order valence-electron chi connectivity index (χ2n) is 4.42. The van der Waals surface area contributed by atoms with E-state index in [0.717, 1.165) is 11.8 Å². The largest absolute Gasteiger partial charge is 0.433 e. The second-order valence-corrected chi connectivity index (χ2v) is 6.18. The summed E-state index contributed by atoms with van der Waals surface area (Å²) in [7, 11) is 0. The molecule has 0 atom stereocenters. The molecule has 12 heteroatoms. The van der Waals surface area contributed by atoms with Gasteiger partial charge in [0.15, 0.2) is 10.9 Å². The lowest BCUT2D eigenvalue weighted by molar-refractivity contribution is -0.142. The number of hydrogen-bond acceptors (Lipinski definition) is 7. The molecule has 0 bridgehead atoms. The van der Waals surface area contributed by atoms with E-state index in [1.807, 2.05) is 0 Å². The zero-order valence-electron chi connectivity index (χ0n) is 12.2. The third-order valence-corrected chi connectivity index (χ3v) is 4.18. The number of carbonyl (C=O) groups excluding carboxylic acids is 1. The highest BCUT2D eigenvalue weighted by atomic mass is 35.5. The zero-order chi connectivity index (χ0) is 18.6. The average molecular weight is 413 g/mol. The van der Waals surface area contributed by atoms with E-state index in [-0.39, 0.29) is 21.0 Å². The molecule has 0 unspecified atom stereocenters. The number of carbonyl (C=O) groups is 1. The summed E-state index contributed by atoms with van der Waals surface area (Å²) in [6, 6.07) is 0.518. The lowest BCUT2D eigenvalue weighted by atomic mass is 10.3. The second kappa shape index (κ2) is 8.17. The minimum atomic E-state index is -4.74. The van der Waals surface area contributed by atoms with Crippen LogP contribution in [0.5, 0.6) is 5.88 Å². The van der Waals surface area contributed by atoms with Gasteiger partial charge in [-0.3, -0.25) is 9.78 Å². The van der Waals surface area contributed by atoms with Crippen molar-refractivity contribution in [3.05, 3.63) is 39.8 Å². The SMILES string of the molecule is NCC(=O)Oc1cc(C(F)(F)F)nc(SCc2c(Cl)cncc2Cl)n1. The van der Waals surface area contributed by atoms with Crippen LogP contribution in [0, 0.1) is 0 Å². The van der Waals surface area contributed by atoms with Gasteiger partial charge < -0.3 is 10.5 Å². The first kappa shape index (κ1) is 19.7. The molecule has 6 nitrogen and oxygen atoms in total. The topological polar surface area (TPSA) is 91.0 Å². The van der Waals surface area contributed by atoms with Crippen LogP contribution in [0.2, 0.25) is 10.0 Å². The summed E-state index contributed by atoms with van der Waals surface area (Å²) in [5.74, 6) is -1.39. The number of ether oxygens (including phenoxy) is 1. The average Bonchev–Trinajstić information content (AvgIpc) is 2.53. The van der Waals surface area contributed by atoms with E-state index in [1.165, 1.54) is 12.4 Å². The molecule has 0 spiro atoms. The van der Waals surface area contributed by atoms with Gasteiger partial charge in [-0.05, 0) is 0 Å². The quantitative estimate of drug-likeness (QED) is 0.457. The van der Waals surface area contributed by atoms with E-state index in [1.54, 1.807) is 0 Å². The van der Waals surface area contributed by atoms with Crippen LogP contribution < -0.4 is 10.5 Å². The Morgan fingerprint density at radius 2 is 1.88 bits per heavy atom. The highest BCUT2D eigenvalue weighted by Crippen LogP contribution is 2.33. The van der Waals surface area contributed by atoms with Crippen LogP contribution in [0.4, 0.5) is 13.2 Å². The molecule has 0 aliphatic heterocycles. The Kier molecular flexibility index (Phi) is 6.44. The number of rotatable bonds is 5. The highest BCUT2D eigenvalue weighted by molar-refractivity contribution is 7.98. The van der Waals surface area contributed by atoms with Gasteiger partial charge in [-0.1, -0.05) is 35.0 Å². The fraction of sp³-hybridized carbons (Fsp3) is 0.231. The fourth-order valence-corrected chi connectivity index (χ4v) is 3.10. The molecule has 2 aromatic rings. The van der Waals surface area contributed by atoms with Gasteiger partial charge in [0.25, 0.3) is 0 Å². The lowest BCUT2D eigenvalue weighted by Gasteiger charge is -2.10. The first-order valence-electron chi connectivity index (χ1n) is 6.48. The first-order valence-corrected chi connectivity index (χ1v) is 8.22. The Balaban J connectivity index is 2.29. The molecule has 2 rings (SSSR count). The molecule has 0 amide bonds. The van der Waals surface area contributed by atoms with Crippen molar-refractivity contribution in [2.45, 2.75) is 17.1 Å². The number of halogens is 5. The molecular weight excluding hydrogens is 404 g/mol. The third kappa shape index (κ3) is 5.43. The van der Waals surface area contributed by atoms with Crippen LogP contribution in [0.25, 0.3) is 0 Å². The van der Waals surface area contributed by atoms with Gasteiger partial charge in [0.05, 0.1) is 16.6 Å². The fourth-order valence-electron chi connectivity index (χ4n) is 1.54. The van der Waals surface area contributed by atoms with Crippen molar-refractivity contribution in [3.63, 3.8) is 0 Å². The van der Waals surface area contributed by atoms with Crippen LogP contribution in [-0.2, 0) is 16.7 Å². The van der Waals surface area contributed by atoms with E-state index in [0.29, 0.717) is 11.6 Å². The van der Waals surface area contributed by atoms with E-state index in [2.05, 4.69) is 19.7 Å². The molecule has 0 saturated carbocycles. The Morgan fingerprint density at radius 1 is 1.24 bits per heavy atom. The van der Waals surface area contributed by atoms with E-state index in [4.69, 9.17) is 28.9 Å². The Morgan fingerprint density at radius 3 is 2.44 bits per heavy atom. The summed E-state index contributed by atoms with van der Waals surface area (Å²) in [4.78, 5) is 22.1. The van der Waals surface area contributed by atoms with Crippen molar-refractivity contribution in [3.8, 4) is 5.88 Å². The summed E-state index contributed by atoms with van der Waals surface area (Å²) in [5, 5.41) is 0.238. The van der Waals surface area contributed by atoms with Crippen molar-refractivity contribution in [1.29, 1.82) is 0 Å². The molecule has 0 aliphatic rings. The predicted octanol–water partition coefficient (Wildman–Crippen LogP) is 3.35. The number of pyridine rings is 1. The zero-order valence-corrected chi connectivity index (χ0v) is 14.5. The Hall–Kier alpha value is -1.62. The van der Waals surface area contributed by atoms with E-state index < -0.39 is 30.3 Å². The summed E-state index contributed by atoms with van der Waals surface area (Å²) in [6.45, 7) is -0.504. The van der Waals surface area contributed by atoms with Crippen LogP contribution in [-0.4, -0.2) is 27.5 Å². The maximum Gasteiger partial charge on any atom is 0.433 e. The number of alkyl halides is 3. The molecule has 0 saturated heterocycles. The van der Waals surface area contributed by atoms with Gasteiger partial charge in [-0.2, -0.15) is 18.2 Å². The normalized spacial score (nSPS) is 11.4. The molecule has 0 fully saturated rings. The van der Waals surface area contributed by atoms with Gasteiger partial charge in [0.2, 0.25) is 5.88 Å². The molecule has 2 aromatic heterocycles. The van der Waals surface area contributed by atoms with E-state index in [9.17, 15) is 18.0 Å². The van der Waals surface area contributed by atoms with Crippen LogP contribution in [0.3, 0.4) is 0 Å². The van der Waals surface area contributed by atoms with Crippen LogP contribution in [0.15, 0.2) is 23.6 Å². The van der Waals surface area contributed by atoms with Crippen molar-refractivity contribution < 1.29 is 22.7 Å². The Labute approximate surface area is 153 Å². The van der Waals surface area contributed by atoms with Crippen molar-refractivity contribution >= 4 is 40.9 Å². The molecule has 25 heavy (non-hydrogen) atoms. The number of aromatic nitrogens is 3. The van der Waals surface area contributed by atoms with Gasteiger partial charge in [-0.25, -0.2) is 4.98 Å². The number of nitrogens with two attached hydrogens (primary N) is 1. The first-order chi connectivity index (χ1) is 11.7.